The van der Waals surface area contributed by atoms with Crippen molar-refractivity contribution in [2.24, 2.45) is 7.05 Å². The van der Waals surface area contributed by atoms with E-state index in [9.17, 15) is 0 Å². The third kappa shape index (κ3) is 2.70. The maximum Gasteiger partial charge on any atom is 0.131 e. The number of aryl methyl sites for hydroxylation is 1. The van der Waals surface area contributed by atoms with Crippen LogP contribution in [0.3, 0.4) is 0 Å². The van der Waals surface area contributed by atoms with Crippen LogP contribution in [0, 0.1) is 11.8 Å². The summed E-state index contributed by atoms with van der Waals surface area (Å²) in [5, 5.41) is 0. The molecule has 2 aromatic heterocycles. The third-order valence-electron chi connectivity index (χ3n) is 2.40. The highest BCUT2D eigenvalue weighted by Gasteiger charge is 2.00. The Morgan fingerprint density at radius 2 is 1.94 bits per heavy atom. The van der Waals surface area contributed by atoms with Gasteiger partial charge in [0.1, 0.15) is 11.4 Å². The molecule has 0 amide bonds. The van der Waals surface area contributed by atoms with Crippen molar-refractivity contribution in [2.75, 3.05) is 0 Å². The molecular formula is C13H14N4. The zero-order chi connectivity index (χ0) is 12.3. The largest absolute Gasteiger partial charge is 0.327 e. The van der Waals surface area contributed by atoms with Gasteiger partial charge in [0.05, 0.1) is 30.6 Å². The average molecular weight is 226 g/mol. The molecule has 86 valence electrons. The fourth-order valence-corrected chi connectivity index (χ4v) is 1.31. The second-order valence-electron chi connectivity index (χ2n) is 4.12. The fourth-order valence-electron chi connectivity index (χ4n) is 1.31. The maximum atomic E-state index is 4.31. The Morgan fingerprint density at radius 3 is 2.47 bits per heavy atom. The van der Waals surface area contributed by atoms with E-state index < -0.39 is 0 Å². The molecule has 0 spiro atoms. The first-order valence-corrected chi connectivity index (χ1v) is 5.47. The van der Waals surface area contributed by atoms with E-state index in [1.165, 1.54) is 0 Å². The van der Waals surface area contributed by atoms with Crippen molar-refractivity contribution in [3.63, 3.8) is 0 Å². The number of rotatable bonds is 1. The van der Waals surface area contributed by atoms with Crippen LogP contribution in [-0.2, 0) is 7.05 Å². The molecule has 0 saturated carbocycles. The number of hydrogen-bond donors (Lipinski definition) is 0. The summed E-state index contributed by atoms with van der Waals surface area (Å²) in [7, 11) is 1.91. The van der Waals surface area contributed by atoms with Gasteiger partial charge >= 0.3 is 0 Å². The third-order valence-corrected chi connectivity index (χ3v) is 2.40. The maximum absolute atomic E-state index is 4.31. The van der Waals surface area contributed by atoms with E-state index in [1.54, 1.807) is 24.9 Å². The minimum atomic E-state index is 0.390. The van der Waals surface area contributed by atoms with E-state index in [4.69, 9.17) is 0 Å². The van der Waals surface area contributed by atoms with Crippen LogP contribution in [0.5, 0.6) is 0 Å². The SMILES string of the molecule is CC(C)c1cnc(C#Cc2cncn2C)cn1. The van der Waals surface area contributed by atoms with Crippen LogP contribution in [-0.4, -0.2) is 19.5 Å². The van der Waals surface area contributed by atoms with Crippen molar-refractivity contribution in [1.29, 1.82) is 0 Å². The van der Waals surface area contributed by atoms with Crippen molar-refractivity contribution in [2.45, 2.75) is 19.8 Å². The molecule has 2 aromatic rings. The van der Waals surface area contributed by atoms with Crippen LogP contribution >= 0.6 is 0 Å². The second-order valence-corrected chi connectivity index (χ2v) is 4.12. The lowest BCUT2D eigenvalue weighted by atomic mass is 10.1. The summed E-state index contributed by atoms with van der Waals surface area (Å²) in [4.78, 5) is 12.6. The summed E-state index contributed by atoms with van der Waals surface area (Å²) in [5.41, 5.74) is 2.52. The van der Waals surface area contributed by atoms with Crippen molar-refractivity contribution < 1.29 is 0 Å². The molecule has 0 saturated heterocycles. The van der Waals surface area contributed by atoms with Gasteiger partial charge in [0, 0.05) is 7.05 Å². The van der Waals surface area contributed by atoms with Gasteiger partial charge in [-0.15, -0.1) is 0 Å². The van der Waals surface area contributed by atoms with Crippen LogP contribution in [0.25, 0.3) is 0 Å². The van der Waals surface area contributed by atoms with E-state index in [0.717, 1.165) is 11.4 Å². The predicted octanol–water partition coefficient (Wildman–Crippen LogP) is 1.73. The van der Waals surface area contributed by atoms with Crippen LogP contribution < -0.4 is 0 Å². The lowest BCUT2D eigenvalue weighted by molar-refractivity contribution is 0.810. The number of hydrogen-bond acceptors (Lipinski definition) is 3. The summed E-state index contributed by atoms with van der Waals surface area (Å²) < 4.78 is 1.86. The van der Waals surface area contributed by atoms with Crippen molar-refractivity contribution >= 4 is 0 Å². The van der Waals surface area contributed by atoms with E-state index in [-0.39, 0.29) is 0 Å². The Labute approximate surface area is 101 Å². The van der Waals surface area contributed by atoms with Gasteiger partial charge in [0.25, 0.3) is 0 Å². The van der Waals surface area contributed by atoms with Gasteiger partial charge < -0.3 is 4.57 Å². The molecule has 0 N–H and O–H groups in total. The van der Waals surface area contributed by atoms with Gasteiger partial charge in [0.2, 0.25) is 0 Å². The molecule has 0 aromatic carbocycles. The van der Waals surface area contributed by atoms with Gasteiger partial charge in [-0.1, -0.05) is 13.8 Å². The molecule has 0 aliphatic carbocycles. The summed E-state index contributed by atoms with van der Waals surface area (Å²) in [6.07, 6.45) is 6.93. The summed E-state index contributed by atoms with van der Waals surface area (Å²) in [5.74, 6) is 6.37. The molecule has 2 heterocycles. The first-order valence-electron chi connectivity index (χ1n) is 5.47. The van der Waals surface area contributed by atoms with Crippen LogP contribution in [0.2, 0.25) is 0 Å². The van der Waals surface area contributed by atoms with Gasteiger partial charge in [-0.05, 0) is 17.8 Å². The second kappa shape index (κ2) is 4.79. The lowest BCUT2D eigenvalue weighted by Gasteiger charge is -2.01. The standard InChI is InChI=1S/C13H14N4/c1-10(2)13-8-15-11(6-16-13)4-5-12-7-14-9-17(12)3/h6-10H,1-3H3. The molecule has 0 aliphatic heterocycles. The number of nitrogens with zero attached hydrogens (tertiary/aromatic N) is 4. The predicted molar refractivity (Wildman–Crippen MR) is 65.3 cm³/mol. The Morgan fingerprint density at radius 1 is 1.12 bits per heavy atom. The first kappa shape index (κ1) is 11.3. The highest BCUT2D eigenvalue weighted by molar-refractivity contribution is 5.34. The van der Waals surface area contributed by atoms with E-state index >= 15 is 0 Å². The topological polar surface area (TPSA) is 43.6 Å². The Kier molecular flexibility index (Phi) is 3.20. The van der Waals surface area contributed by atoms with E-state index in [1.807, 2.05) is 11.6 Å². The molecule has 0 radical (unpaired) electrons. The Hall–Kier alpha value is -2.15. The van der Waals surface area contributed by atoms with Gasteiger partial charge in [-0.2, -0.15) is 0 Å². The number of aromatic nitrogens is 4. The normalized spacial score (nSPS) is 10.1. The van der Waals surface area contributed by atoms with Gasteiger partial charge in [0.15, 0.2) is 0 Å². The van der Waals surface area contributed by atoms with Gasteiger partial charge in [-0.25, -0.2) is 9.97 Å². The molecule has 0 fully saturated rings. The first-order chi connectivity index (χ1) is 8.16. The van der Waals surface area contributed by atoms with Crippen molar-refractivity contribution in [1.82, 2.24) is 19.5 Å². The molecule has 4 heteroatoms. The lowest BCUT2D eigenvalue weighted by Crippen LogP contribution is -1.95. The minimum absolute atomic E-state index is 0.390. The zero-order valence-electron chi connectivity index (χ0n) is 10.2. The van der Waals surface area contributed by atoms with Crippen molar-refractivity contribution in [3.05, 3.63) is 42.0 Å². The monoisotopic (exact) mass is 226 g/mol. The minimum Gasteiger partial charge on any atom is -0.327 e. The summed E-state index contributed by atoms with van der Waals surface area (Å²) >= 11 is 0. The molecule has 4 nitrogen and oxygen atoms in total. The number of imidazole rings is 1. The van der Waals surface area contributed by atoms with E-state index in [0.29, 0.717) is 11.6 Å². The smallest absolute Gasteiger partial charge is 0.131 e. The highest BCUT2D eigenvalue weighted by atomic mass is 15.0. The van der Waals surface area contributed by atoms with Crippen LogP contribution in [0.1, 0.15) is 36.8 Å². The molecule has 2 rings (SSSR count). The van der Waals surface area contributed by atoms with Gasteiger partial charge in [-0.3, -0.25) is 4.98 Å². The summed E-state index contributed by atoms with van der Waals surface area (Å²) in [6, 6.07) is 0. The molecule has 17 heavy (non-hydrogen) atoms. The molecule has 0 unspecified atom stereocenters. The van der Waals surface area contributed by atoms with E-state index in [2.05, 4.69) is 40.6 Å². The molecule has 0 atom stereocenters. The Bertz CT molecular complexity index is 555. The zero-order valence-corrected chi connectivity index (χ0v) is 10.2. The fraction of sp³-hybridized carbons (Fsp3) is 0.308. The van der Waals surface area contributed by atoms with Crippen LogP contribution in [0.4, 0.5) is 0 Å². The quantitative estimate of drug-likeness (QED) is 0.695. The van der Waals surface area contributed by atoms with Crippen molar-refractivity contribution in [3.8, 4) is 11.8 Å². The highest BCUT2D eigenvalue weighted by Crippen LogP contribution is 2.08. The van der Waals surface area contributed by atoms with Crippen LogP contribution in [0.15, 0.2) is 24.9 Å². The summed E-state index contributed by atoms with van der Waals surface area (Å²) in [6.45, 7) is 4.18. The molecular weight excluding hydrogens is 212 g/mol. The average Bonchev–Trinajstić information content (AvgIpc) is 2.73. The Balaban J connectivity index is 2.20. The molecule has 0 aliphatic rings. The molecule has 0 bridgehead atoms.